The summed E-state index contributed by atoms with van der Waals surface area (Å²) in [7, 11) is 4.99. The van der Waals surface area contributed by atoms with E-state index in [1.54, 1.807) is 21.3 Å². The molecule has 1 saturated carbocycles. The molecule has 0 amide bonds. The fourth-order valence-corrected chi connectivity index (χ4v) is 1.94. The van der Waals surface area contributed by atoms with Crippen molar-refractivity contribution in [2.75, 3.05) is 61.0 Å². The topological polar surface area (TPSA) is 64.6 Å². The predicted octanol–water partition coefficient (Wildman–Crippen LogP) is 1.55. The van der Waals surface area contributed by atoms with E-state index in [-0.39, 0.29) is 6.10 Å². The van der Waals surface area contributed by atoms with Crippen LogP contribution in [0.5, 0.6) is 0 Å². The third-order valence-corrected chi connectivity index (χ3v) is 3.28. The van der Waals surface area contributed by atoms with Crippen LogP contribution in [-0.4, -0.2) is 72.9 Å². The Kier molecular flexibility index (Phi) is 10.9. The zero-order chi connectivity index (χ0) is 16.1. The summed E-state index contributed by atoms with van der Waals surface area (Å²) in [6, 6.07) is 0. The monoisotopic (exact) mass is 322 g/mol. The van der Waals surface area contributed by atoms with Crippen molar-refractivity contribution >= 4 is 0 Å². The Labute approximate surface area is 133 Å². The zero-order valence-electron chi connectivity index (χ0n) is 14.0. The molecule has 22 heavy (non-hydrogen) atoms. The van der Waals surface area contributed by atoms with Gasteiger partial charge < -0.3 is 23.7 Å². The maximum atomic E-state index is 5.88. The van der Waals surface area contributed by atoms with Gasteiger partial charge in [0.2, 0.25) is 5.79 Å². The van der Waals surface area contributed by atoms with Gasteiger partial charge in [-0.2, -0.15) is 0 Å². The van der Waals surface area contributed by atoms with Crippen LogP contribution in [-0.2, 0) is 33.5 Å². The molecule has 1 fully saturated rings. The van der Waals surface area contributed by atoms with E-state index < -0.39 is 5.79 Å². The van der Waals surface area contributed by atoms with Gasteiger partial charge in [-0.1, -0.05) is 0 Å². The normalized spacial score (nSPS) is 23.9. The molecule has 0 saturated heterocycles. The van der Waals surface area contributed by atoms with Crippen molar-refractivity contribution in [1.82, 2.24) is 0 Å². The molecule has 0 aromatic rings. The number of hydrogen-bond acceptors (Lipinski definition) is 7. The number of rotatable bonds is 16. The van der Waals surface area contributed by atoms with E-state index in [0.29, 0.717) is 39.5 Å². The van der Waals surface area contributed by atoms with Crippen molar-refractivity contribution in [2.24, 2.45) is 0 Å². The first-order chi connectivity index (χ1) is 10.8. The van der Waals surface area contributed by atoms with Gasteiger partial charge >= 0.3 is 0 Å². The minimum atomic E-state index is -0.673. The SMILES string of the molecule is COCCCCOC1(OCCCOC)CC1OOCCOC. The van der Waals surface area contributed by atoms with E-state index in [0.717, 1.165) is 25.9 Å². The third kappa shape index (κ3) is 7.82. The predicted molar refractivity (Wildman–Crippen MR) is 79.6 cm³/mol. The minimum absolute atomic E-state index is 0.186. The van der Waals surface area contributed by atoms with E-state index in [9.17, 15) is 0 Å². The van der Waals surface area contributed by atoms with Crippen LogP contribution in [0.15, 0.2) is 0 Å². The summed E-state index contributed by atoms with van der Waals surface area (Å²) < 4.78 is 26.7. The molecule has 0 aliphatic heterocycles. The highest BCUT2D eigenvalue weighted by molar-refractivity contribution is 4.99. The van der Waals surface area contributed by atoms with Crippen molar-refractivity contribution in [3.05, 3.63) is 0 Å². The molecule has 1 aliphatic rings. The summed E-state index contributed by atoms with van der Waals surface area (Å²) >= 11 is 0. The van der Waals surface area contributed by atoms with Gasteiger partial charge in [0.05, 0.1) is 19.8 Å². The maximum absolute atomic E-state index is 5.88. The van der Waals surface area contributed by atoms with E-state index in [1.165, 1.54) is 0 Å². The molecular weight excluding hydrogens is 292 g/mol. The first-order valence-electron chi connectivity index (χ1n) is 7.82. The number of hydrogen-bond donors (Lipinski definition) is 0. The highest BCUT2D eigenvalue weighted by atomic mass is 17.2. The van der Waals surface area contributed by atoms with E-state index in [4.69, 9.17) is 33.5 Å². The molecule has 1 aliphatic carbocycles. The van der Waals surface area contributed by atoms with Crippen molar-refractivity contribution in [3.63, 3.8) is 0 Å². The van der Waals surface area contributed by atoms with Crippen LogP contribution < -0.4 is 0 Å². The summed E-state index contributed by atoms with van der Waals surface area (Å²) in [6.45, 7) is 3.48. The van der Waals surface area contributed by atoms with Crippen molar-refractivity contribution in [2.45, 2.75) is 37.6 Å². The Morgan fingerprint density at radius 3 is 2.00 bits per heavy atom. The highest BCUT2D eigenvalue weighted by Gasteiger charge is 2.60. The second-order valence-electron chi connectivity index (χ2n) is 5.16. The largest absolute Gasteiger partial charge is 0.385 e. The molecule has 2 atom stereocenters. The van der Waals surface area contributed by atoms with Gasteiger partial charge in [0.15, 0.2) is 6.10 Å². The van der Waals surface area contributed by atoms with Crippen LogP contribution in [0.2, 0.25) is 0 Å². The third-order valence-electron chi connectivity index (χ3n) is 3.28. The van der Waals surface area contributed by atoms with E-state index in [2.05, 4.69) is 0 Å². The second-order valence-corrected chi connectivity index (χ2v) is 5.16. The molecule has 1 rings (SSSR count). The zero-order valence-corrected chi connectivity index (χ0v) is 14.0. The van der Waals surface area contributed by atoms with Crippen LogP contribution in [0.1, 0.15) is 25.7 Å². The standard InChI is InChI=1S/C15H30O7/c1-16-7-4-5-9-19-15(20-10-6-8-17-2)13-14(15)22-21-12-11-18-3/h14H,4-13H2,1-3H3. The smallest absolute Gasteiger partial charge is 0.200 e. The molecule has 0 heterocycles. The summed E-state index contributed by atoms with van der Waals surface area (Å²) in [5.41, 5.74) is 0. The number of ether oxygens (including phenoxy) is 5. The average molecular weight is 322 g/mol. The molecule has 0 N–H and O–H groups in total. The van der Waals surface area contributed by atoms with Gasteiger partial charge in [-0.05, 0) is 19.3 Å². The lowest BCUT2D eigenvalue weighted by atomic mass is 10.3. The van der Waals surface area contributed by atoms with Crippen LogP contribution in [0, 0.1) is 0 Å². The number of methoxy groups -OCH3 is 3. The van der Waals surface area contributed by atoms with Crippen molar-refractivity contribution < 1.29 is 33.5 Å². The average Bonchev–Trinajstić information content (AvgIpc) is 3.21. The maximum Gasteiger partial charge on any atom is 0.200 e. The Balaban J connectivity index is 2.22. The molecule has 0 spiro atoms. The molecule has 7 heteroatoms. The van der Waals surface area contributed by atoms with Crippen LogP contribution in [0.3, 0.4) is 0 Å². The lowest BCUT2D eigenvalue weighted by molar-refractivity contribution is -0.334. The van der Waals surface area contributed by atoms with Crippen LogP contribution in [0.25, 0.3) is 0 Å². The van der Waals surface area contributed by atoms with Gasteiger partial charge in [0.1, 0.15) is 6.61 Å². The lowest BCUT2D eigenvalue weighted by Crippen LogP contribution is -2.27. The van der Waals surface area contributed by atoms with E-state index >= 15 is 0 Å². The van der Waals surface area contributed by atoms with Crippen LogP contribution in [0.4, 0.5) is 0 Å². The Morgan fingerprint density at radius 1 is 0.727 bits per heavy atom. The Morgan fingerprint density at radius 2 is 1.32 bits per heavy atom. The molecule has 0 bridgehead atoms. The first kappa shape index (κ1) is 19.8. The molecule has 132 valence electrons. The molecule has 0 aromatic heterocycles. The minimum Gasteiger partial charge on any atom is -0.385 e. The fraction of sp³-hybridized carbons (Fsp3) is 1.00. The molecular formula is C15H30O7. The van der Waals surface area contributed by atoms with Crippen LogP contribution >= 0.6 is 0 Å². The summed E-state index contributed by atoms with van der Waals surface area (Å²) in [4.78, 5) is 10.4. The van der Waals surface area contributed by atoms with E-state index in [1.807, 2.05) is 0 Å². The Hall–Kier alpha value is -0.280. The highest BCUT2D eigenvalue weighted by Crippen LogP contribution is 2.44. The summed E-state index contributed by atoms with van der Waals surface area (Å²) in [5, 5.41) is 0. The van der Waals surface area contributed by atoms with Crippen molar-refractivity contribution in [1.29, 1.82) is 0 Å². The fourth-order valence-electron chi connectivity index (χ4n) is 1.94. The molecule has 2 unspecified atom stereocenters. The van der Waals surface area contributed by atoms with Gasteiger partial charge in [-0.3, -0.25) is 0 Å². The molecule has 0 radical (unpaired) electrons. The number of unbranched alkanes of at least 4 members (excludes halogenated alkanes) is 1. The quantitative estimate of drug-likeness (QED) is 0.185. The molecule has 7 nitrogen and oxygen atoms in total. The first-order valence-corrected chi connectivity index (χ1v) is 7.82. The summed E-state index contributed by atoms with van der Waals surface area (Å²) in [5.74, 6) is -0.673. The Bertz CT molecular complexity index is 264. The lowest BCUT2D eigenvalue weighted by Gasteiger charge is -2.19. The van der Waals surface area contributed by atoms with Gasteiger partial charge in [-0.25, -0.2) is 9.78 Å². The van der Waals surface area contributed by atoms with Gasteiger partial charge in [-0.15, -0.1) is 0 Å². The second kappa shape index (κ2) is 12.2. The van der Waals surface area contributed by atoms with Crippen molar-refractivity contribution in [3.8, 4) is 0 Å². The molecule has 0 aromatic carbocycles. The van der Waals surface area contributed by atoms with Gasteiger partial charge in [0, 0.05) is 41.0 Å². The van der Waals surface area contributed by atoms with Gasteiger partial charge in [0.25, 0.3) is 0 Å². The summed E-state index contributed by atoms with van der Waals surface area (Å²) in [6.07, 6.45) is 3.20.